The van der Waals surface area contributed by atoms with Crippen molar-refractivity contribution < 1.29 is 14.0 Å². The molecule has 0 spiro atoms. The average molecular weight is 491 g/mol. The number of guanidine groups is 1. The molecule has 2 heterocycles. The lowest BCUT2D eigenvalue weighted by atomic mass is 9.71. The molecule has 0 bridgehead atoms. The van der Waals surface area contributed by atoms with Crippen LogP contribution >= 0.6 is 11.6 Å². The van der Waals surface area contributed by atoms with Crippen LogP contribution in [0.15, 0.2) is 12.3 Å². The van der Waals surface area contributed by atoms with E-state index < -0.39 is 11.4 Å². The lowest BCUT2D eigenvalue weighted by Crippen LogP contribution is -2.49. The molecule has 8 heteroatoms. The Morgan fingerprint density at radius 3 is 2.62 bits per heavy atom. The summed E-state index contributed by atoms with van der Waals surface area (Å²) in [5.74, 6) is 0.308. The van der Waals surface area contributed by atoms with Gasteiger partial charge in [0.15, 0.2) is 22.7 Å². The largest absolute Gasteiger partial charge is 0.342 e. The maximum absolute atomic E-state index is 14.3. The highest BCUT2D eigenvalue weighted by Crippen LogP contribution is 2.40. The van der Waals surface area contributed by atoms with Gasteiger partial charge < -0.3 is 5.32 Å². The zero-order chi connectivity index (χ0) is 24.3. The molecule has 4 rings (SSSR count). The Kier molecular flexibility index (Phi) is 7.90. The molecule has 2 saturated carbocycles. The second-order valence-electron chi connectivity index (χ2n) is 10.7. The molecule has 1 aromatic heterocycles. The lowest BCUT2D eigenvalue weighted by molar-refractivity contribution is -0.131. The Hall–Kier alpha value is -2.02. The molecule has 0 unspecified atom stereocenters. The lowest BCUT2D eigenvalue weighted by Gasteiger charge is -2.36. The van der Waals surface area contributed by atoms with Crippen LogP contribution in [-0.2, 0) is 4.79 Å². The number of hydrogen-bond acceptors (Lipinski definition) is 4. The zero-order valence-corrected chi connectivity index (χ0v) is 20.8. The Morgan fingerprint density at radius 1 is 1.21 bits per heavy atom. The van der Waals surface area contributed by atoms with Crippen molar-refractivity contribution in [2.24, 2.45) is 17.8 Å². The number of ketones is 1. The predicted octanol–water partition coefficient (Wildman–Crippen LogP) is 5.74. The van der Waals surface area contributed by atoms with Crippen LogP contribution in [0.3, 0.4) is 0 Å². The average Bonchev–Trinajstić information content (AvgIpc) is 3.04. The number of nitrogens with zero attached hydrogens (tertiary/aromatic N) is 2. The van der Waals surface area contributed by atoms with Crippen molar-refractivity contribution in [1.82, 2.24) is 15.2 Å². The molecule has 1 saturated heterocycles. The number of rotatable bonds is 8. The van der Waals surface area contributed by atoms with E-state index in [1.54, 1.807) is 7.05 Å². The van der Waals surface area contributed by atoms with Gasteiger partial charge in [0.2, 0.25) is 0 Å². The van der Waals surface area contributed by atoms with Gasteiger partial charge >= 0.3 is 0 Å². The molecule has 1 aromatic rings. The Labute approximate surface area is 206 Å². The highest BCUT2D eigenvalue weighted by Gasteiger charge is 2.49. The summed E-state index contributed by atoms with van der Waals surface area (Å²) in [5.41, 5.74) is -0.710. The fraction of sp³-hybridized carbons (Fsp3) is 0.692. The van der Waals surface area contributed by atoms with E-state index in [0.29, 0.717) is 18.3 Å². The first-order valence-corrected chi connectivity index (χ1v) is 13.1. The maximum atomic E-state index is 14.3. The summed E-state index contributed by atoms with van der Waals surface area (Å²) in [6, 6.07) is 1.40. The number of aromatic nitrogens is 1. The van der Waals surface area contributed by atoms with E-state index in [1.807, 2.05) is 0 Å². The van der Waals surface area contributed by atoms with Gasteiger partial charge in [-0.25, -0.2) is 9.37 Å². The van der Waals surface area contributed by atoms with E-state index in [1.165, 1.54) is 49.3 Å². The van der Waals surface area contributed by atoms with Gasteiger partial charge in [0.1, 0.15) is 5.54 Å². The molecule has 3 atom stereocenters. The number of hydrogen-bond donors (Lipinski definition) is 2. The van der Waals surface area contributed by atoms with Gasteiger partial charge in [-0.1, -0.05) is 56.5 Å². The molecule has 1 aliphatic heterocycles. The van der Waals surface area contributed by atoms with Gasteiger partial charge in [0.25, 0.3) is 5.91 Å². The summed E-state index contributed by atoms with van der Waals surface area (Å²) in [5, 5.41) is 11.2. The maximum Gasteiger partial charge on any atom is 0.254 e. The molecule has 2 aliphatic carbocycles. The van der Waals surface area contributed by atoms with Crippen molar-refractivity contribution in [3.63, 3.8) is 0 Å². The molecule has 6 nitrogen and oxygen atoms in total. The van der Waals surface area contributed by atoms with Gasteiger partial charge in [0, 0.05) is 19.7 Å². The first-order valence-electron chi connectivity index (χ1n) is 12.8. The molecule has 186 valence electrons. The number of carbonyl (C=O) groups excluding carboxylic acids is 2. The first kappa shape index (κ1) is 25.1. The van der Waals surface area contributed by atoms with Gasteiger partial charge in [-0.2, -0.15) is 0 Å². The predicted molar refractivity (Wildman–Crippen MR) is 130 cm³/mol. The number of likely N-dealkylation sites (N-methyl/N-ethyl adjacent to an activating group) is 1. The van der Waals surface area contributed by atoms with E-state index >= 15 is 0 Å². The molecule has 0 aromatic carbocycles. The second-order valence-corrected chi connectivity index (χ2v) is 11.0. The van der Waals surface area contributed by atoms with Crippen molar-refractivity contribution in [1.29, 1.82) is 5.41 Å². The van der Waals surface area contributed by atoms with Crippen LogP contribution in [0.5, 0.6) is 0 Å². The second kappa shape index (κ2) is 10.7. The van der Waals surface area contributed by atoms with E-state index in [9.17, 15) is 14.0 Å². The molecule has 2 N–H and O–H groups in total. The van der Waals surface area contributed by atoms with Crippen molar-refractivity contribution in [2.75, 3.05) is 7.05 Å². The summed E-state index contributed by atoms with van der Waals surface area (Å²) in [4.78, 5) is 31.2. The summed E-state index contributed by atoms with van der Waals surface area (Å²) < 4.78 is 14.3. The Balaban J connectivity index is 1.42. The monoisotopic (exact) mass is 490 g/mol. The highest BCUT2D eigenvalue weighted by molar-refractivity contribution is 6.29. The van der Waals surface area contributed by atoms with Gasteiger partial charge in [-0.15, -0.1) is 0 Å². The third-order valence-electron chi connectivity index (χ3n) is 8.26. The van der Waals surface area contributed by atoms with E-state index in [0.717, 1.165) is 38.5 Å². The highest BCUT2D eigenvalue weighted by atomic mass is 35.5. The van der Waals surface area contributed by atoms with Crippen LogP contribution in [0.4, 0.5) is 4.39 Å². The number of carbonyl (C=O) groups is 2. The topological polar surface area (TPSA) is 86.2 Å². The minimum atomic E-state index is -0.745. The van der Waals surface area contributed by atoms with E-state index in [4.69, 9.17) is 17.0 Å². The standard InChI is InChI=1S/C26H36ClFN4O2/c1-32-24(34)26(31-25(32)29,12-10-17-6-3-2-4-7-17)16-19-9-5-8-18(14-19)15-21(33)20-11-13-30-23(27)22(20)28/h11,13,17-19H,2-10,12,14-16H2,1H3,(H2,29,31)/t18-,19+,26-/m1/s1. The van der Waals surface area contributed by atoms with Crippen molar-refractivity contribution in [3.8, 4) is 0 Å². The van der Waals surface area contributed by atoms with Gasteiger partial charge in [-0.3, -0.25) is 19.9 Å². The number of halogens is 2. The minimum absolute atomic E-state index is 0.00000722. The van der Waals surface area contributed by atoms with Crippen LogP contribution < -0.4 is 5.32 Å². The summed E-state index contributed by atoms with van der Waals surface area (Å²) in [6.45, 7) is 0. The van der Waals surface area contributed by atoms with Gasteiger partial charge in [0.05, 0.1) is 5.56 Å². The normalized spacial score (nSPS) is 28.3. The molecular formula is C26H36ClFN4O2. The minimum Gasteiger partial charge on any atom is -0.342 e. The van der Waals surface area contributed by atoms with Crippen LogP contribution in [0.25, 0.3) is 0 Å². The summed E-state index contributed by atoms with van der Waals surface area (Å²) >= 11 is 5.76. The van der Waals surface area contributed by atoms with E-state index in [2.05, 4.69) is 10.3 Å². The Bertz CT molecular complexity index is 935. The van der Waals surface area contributed by atoms with E-state index in [-0.39, 0.29) is 40.7 Å². The quantitative estimate of drug-likeness (QED) is 0.359. The number of pyridine rings is 1. The van der Waals surface area contributed by atoms with Crippen LogP contribution in [0, 0.1) is 29.0 Å². The van der Waals surface area contributed by atoms with Crippen LogP contribution in [-0.4, -0.2) is 40.1 Å². The fourth-order valence-electron chi connectivity index (χ4n) is 6.39. The molecule has 3 aliphatic rings. The first-order chi connectivity index (χ1) is 16.3. The number of amides is 1. The van der Waals surface area contributed by atoms with Crippen molar-refractivity contribution >= 4 is 29.3 Å². The smallest absolute Gasteiger partial charge is 0.254 e. The number of Topliss-reactive ketones (excluding diaryl/α,β-unsaturated/α-hetero) is 1. The van der Waals surface area contributed by atoms with Gasteiger partial charge in [-0.05, 0) is 55.9 Å². The van der Waals surface area contributed by atoms with Crippen LogP contribution in [0.2, 0.25) is 5.15 Å². The third kappa shape index (κ3) is 5.45. The molecule has 1 amide bonds. The molecule has 34 heavy (non-hydrogen) atoms. The fourth-order valence-corrected chi connectivity index (χ4v) is 6.55. The zero-order valence-electron chi connectivity index (χ0n) is 20.0. The van der Waals surface area contributed by atoms with Crippen molar-refractivity contribution in [2.45, 2.75) is 89.0 Å². The SMILES string of the molecule is CN1C(=N)N[C@](CCC2CCCCC2)(C[C@H]2CCC[C@@H](CC(=O)c3ccnc(Cl)c3F)C2)C1=O. The third-order valence-corrected chi connectivity index (χ3v) is 8.52. The molecular weight excluding hydrogens is 455 g/mol. The summed E-state index contributed by atoms with van der Waals surface area (Å²) in [6.07, 6.45) is 14.2. The molecule has 3 fully saturated rings. The summed E-state index contributed by atoms with van der Waals surface area (Å²) in [7, 11) is 1.68. The molecule has 0 radical (unpaired) electrons. The van der Waals surface area contributed by atoms with Crippen molar-refractivity contribution in [3.05, 3.63) is 28.8 Å². The number of nitrogens with one attached hydrogen (secondary N) is 2. The van der Waals surface area contributed by atoms with Crippen LogP contribution in [0.1, 0.15) is 93.8 Å². The Morgan fingerprint density at radius 2 is 1.91 bits per heavy atom.